The summed E-state index contributed by atoms with van der Waals surface area (Å²) in [5.41, 5.74) is -0.872. The molecule has 1 fully saturated rings. The SMILES string of the molecule is CCCc1nc(C)nc(C(=O)N2CCN(C(=O)Nc3ccccc3C(F)(F)F)C(C)C2)c1C(=O)OCC. The fourth-order valence-electron chi connectivity index (χ4n) is 4.24. The van der Waals surface area contributed by atoms with Gasteiger partial charge in [0.2, 0.25) is 0 Å². The second-order valence-electron chi connectivity index (χ2n) is 8.68. The monoisotopic (exact) mass is 521 g/mol. The molecule has 1 atom stereocenters. The van der Waals surface area contributed by atoms with Crippen molar-refractivity contribution in [2.75, 3.05) is 31.6 Å². The van der Waals surface area contributed by atoms with Gasteiger partial charge < -0.3 is 19.9 Å². The van der Waals surface area contributed by atoms with Crippen LogP contribution in [0.15, 0.2) is 24.3 Å². The Morgan fingerprint density at radius 1 is 1.14 bits per heavy atom. The van der Waals surface area contributed by atoms with Crippen molar-refractivity contribution in [3.63, 3.8) is 0 Å². The molecule has 0 saturated carbocycles. The van der Waals surface area contributed by atoms with E-state index in [1.807, 2.05) is 6.92 Å². The molecule has 1 aliphatic rings. The average Bonchev–Trinajstić information content (AvgIpc) is 2.83. The van der Waals surface area contributed by atoms with Crippen LogP contribution in [0.2, 0.25) is 0 Å². The van der Waals surface area contributed by atoms with Gasteiger partial charge in [0.15, 0.2) is 0 Å². The highest BCUT2D eigenvalue weighted by atomic mass is 19.4. The number of ether oxygens (including phenoxy) is 1. The van der Waals surface area contributed by atoms with E-state index in [0.29, 0.717) is 24.4 Å². The predicted molar refractivity (Wildman–Crippen MR) is 129 cm³/mol. The van der Waals surface area contributed by atoms with E-state index in [1.165, 1.54) is 28.0 Å². The summed E-state index contributed by atoms with van der Waals surface area (Å²) < 4.78 is 45.1. The molecule has 0 bridgehead atoms. The second-order valence-corrected chi connectivity index (χ2v) is 8.68. The van der Waals surface area contributed by atoms with Crippen molar-refractivity contribution in [1.82, 2.24) is 19.8 Å². The van der Waals surface area contributed by atoms with Crippen molar-refractivity contribution >= 4 is 23.6 Å². The van der Waals surface area contributed by atoms with E-state index in [9.17, 15) is 27.6 Å². The molecule has 37 heavy (non-hydrogen) atoms. The van der Waals surface area contributed by atoms with Gasteiger partial charge >= 0.3 is 18.2 Å². The highest BCUT2D eigenvalue weighted by Crippen LogP contribution is 2.34. The molecule has 1 saturated heterocycles. The van der Waals surface area contributed by atoms with E-state index in [1.54, 1.807) is 20.8 Å². The number of amides is 3. The van der Waals surface area contributed by atoms with Crippen molar-refractivity contribution in [2.24, 2.45) is 0 Å². The molecule has 2 aromatic rings. The van der Waals surface area contributed by atoms with Gasteiger partial charge in [0.25, 0.3) is 5.91 Å². The maximum Gasteiger partial charge on any atom is 0.418 e. The number of esters is 1. The van der Waals surface area contributed by atoms with Crippen LogP contribution >= 0.6 is 0 Å². The summed E-state index contributed by atoms with van der Waals surface area (Å²) in [6, 6.07) is 3.52. The highest BCUT2D eigenvalue weighted by Gasteiger charge is 2.36. The molecule has 9 nitrogen and oxygen atoms in total. The summed E-state index contributed by atoms with van der Waals surface area (Å²) in [6.45, 7) is 7.30. The number of benzene rings is 1. The third-order valence-corrected chi connectivity index (χ3v) is 5.91. The molecule has 1 aliphatic heterocycles. The van der Waals surface area contributed by atoms with Gasteiger partial charge in [-0.3, -0.25) is 4.79 Å². The van der Waals surface area contributed by atoms with E-state index in [4.69, 9.17) is 4.74 Å². The standard InChI is InChI=1S/C25H30F3N5O4/c1-5-9-19-20(23(35)37-6-2)21(30-16(4)29-19)22(34)32-12-13-33(15(3)14-32)24(36)31-18-11-8-7-10-17(18)25(26,27)28/h7-8,10-11,15H,5-6,9,12-14H2,1-4H3,(H,31,36). The number of piperazine rings is 1. The van der Waals surface area contributed by atoms with Crippen LogP contribution < -0.4 is 5.32 Å². The molecule has 1 aromatic carbocycles. The van der Waals surface area contributed by atoms with Crippen LogP contribution in [0, 0.1) is 6.92 Å². The van der Waals surface area contributed by atoms with Gasteiger partial charge in [-0.25, -0.2) is 19.6 Å². The molecule has 0 spiro atoms. The van der Waals surface area contributed by atoms with E-state index in [0.717, 1.165) is 6.07 Å². The van der Waals surface area contributed by atoms with Gasteiger partial charge in [-0.1, -0.05) is 25.5 Å². The minimum absolute atomic E-state index is 0.0379. The minimum Gasteiger partial charge on any atom is -0.462 e. The molecule has 0 aliphatic carbocycles. The summed E-state index contributed by atoms with van der Waals surface area (Å²) in [7, 11) is 0. The zero-order valence-electron chi connectivity index (χ0n) is 21.2. The lowest BCUT2D eigenvalue weighted by Gasteiger charge is -2.39. The molecule has 1 N–H and O–H groups in total. The first kappa shape index (κ1) is 27.9. The number of nitrogens with one attached hydrogen (secondary N) is 1. The normalized spacial score (nSPS) is 15.9. The topological polar surface area (TPSA) is 105 Å². The quantitative estimate of drug-likeness (QED) is 0.568. The number of hydrogen-bond donors (Lipinski definition) is 1. The maximum atomic E-state index is 13.5. The summed E-state index contributed by atoms with van der Waals surface area (Å²) in [5.74, 6) is -0.835. The predicted octanol–water partition coefficient (Wildman–Crippen LogP) is 4.31. The Bertz CT molecular complexity index is 1170. The number of anilines is 1. The molecule has 3 amide bonds. The zero-order valence-corrected chi connectivity index (χ0v) is 21.2. The first-order valence-electron chi connectivity index (χ1n) is 12.1. The summed E-state index contributed by atoms with van der Waals surface area (Å²) in [4.78, 5) is 50.5. The van der Waals surface area contributed by atoms with Gasteiger partial charge in [-0.05, 0) is 39.3 Å². The number of alkyl halides is 3. The van der Waals surface area contributed by atoms with Gasteiger partial charge in [-0.2, -0.15) is 13.2 Å². The fourth-order valence-corrected chi connectivity index (χ4v) is 4.24. The van der Waals surface area contributed by atoms with E-state index in [-0.39, 0.29) is 43.2 Å². The number of aryl methyl sites for hydroxylation is 2. The van der Waals surface area contributed by atoms with Gasteiger partial charge in [0, 0.05) is 25.7 Å². The Morgan fingerprint density at radius 3 is 2.46 bits per heavy atom. The molecule has 1 unspecified atom stereocenters. The second kappa shape index (κ2) is 11.6. The van der Waals surface area contributed by atoms with Crippen molar-refractivity contribution < 1.29 is 32.3 Å². The molecular formula is C25H30F3N5O4. The summed E-state index contributed by atoms with van der Waals surface area (Å²) in [6.07, 6.45) is -3.47. The van der Waals surface area contributed by atoms with Crippen molar-refractivity contribution in [2.45, 2.75) is 52.8 Å². The number of halogens is 3. The zero-order chi connectivity index (χ0) is 27.3. The van der Waals surface area contributed by atoms with Gasteiger partial charge in [0.1, 0.15) is 17.1 Å². The number of aromatic nitrogens is 2. The summed E-state index contributed by atoms with van der Waals surface area (Å²) >= 11 is 0. The smallest absolute Gasteiger partial charge is 0.418 e. The van der Waals surface area contributed by atoms with Crippen LogP contribution in [0.25, 0.3) is 0 Å². The number of carbonyl (C=O) groups is 3. The fraction of sp³-hybridized carbons (Fsp3) is 0.480. The third kappa shape index (κ3) is 6.36. The van der Waals surface area contributed by atoms with Crippen LogP contribution in [0.3, 0.4) is 0 Å². The lowest BCUT2D eigenvalue weighted by Crippen LogP contribution is -2.56. The number of hydrogen-bond acceptors (Lipinski definition) is 6. The van der Waals surface area contributed by atoms with Crippen LogP contribution in [0.1, 0.15) is 65.1 Å². The molecule has 1 aromatic heterocycles. The molecule has 3 rings (SSSR count). The number of carbonyl (C=O) groups excluding carboxylic acids is 3. The third-order valence-electron chi connectivity index (χ3n) is 5.91. The maximum absolute atomic E-state index is 13.5. The Balaban J connectivity index is 1.80. The van der Waals surface area contributed by atoms with Crippen LogP contribution in [-0.2, 0) is 17.3 Å². The molecule has 200 valence electrons. The van der Waals surface area contributed by atoms with Crippen LogP contribution in [0.5, 0.6) is 0 Å². The molecule has 0 radical (unpaired) electrons. The Hall–Kier alpha value is -3.70. The van der Waals surface area contributed by atoms with E-state index in [2.05, 4.69) is 15.3 Å². The first-order valence-corrected chi connectivity index (χ1v) is 12.1. The Kier molecular flexibility index (Phi) is 8.72. The lowest BCUT2D eigenvalue weighted by atomic mass is 10.1. The van der Waals surface area contributed by atoms with Crippen LogP contribution in [-0.4, -0.2) is 70.0 Å². The van der Waals surface area contributed by atoms with Crippen molar-refractivity contribution in [3.05, 3.63) is 52.6 Å². The molecule has 2 heterocycles. The molecular weight excluding hydrogens is 491 g/mol. The highest BCUT2D eigenvalue weighted by molar-refractivity contribution is 6.04. The minimum atomic E-state index is -4.62. The van der Waals surface area contributed by atoms with E-state index < -0.39 is 35.7 Å². The first-order chi connectivity index (χ1) is 17.5. The van der Waals surface area contributed by atoms with Crippen molar-refractivity contribution in [1.29, 1.82) is 0 Å². The lowest BCUT2D eigenvalue weighted by molar-refractivity contribution is -0.136. The van der Waals surface area contributed by atoms with E-state index >= 15 is 0 Å². The van der Waals surface area contributed by atoms with Gasteiger partial charge in [0.05, 0.1) is 23.6 Å². The average molecular weight is 522 g/mol. The molecule has 12 heteroatoms. The summed E-state index contributed by atoms with van der Waals surface area (Å²) in [5, 5.41) is 2.34. The Labute approximate surface area is 213 Å². The number of rotatable bonds is 6. The van der Waals surface area contributed by atoms with Gasteiger partial charge in [-0.15, -0.1) is 0 Å². The number of urea groups is 1. The number of para-hydroxylation sites is 1. The number of nitrogens with zero attached hydrogens (tertiary/aromatic N) is 4. The Morgan fingerprint density at radius 2 is 1.84 bits per heavy atom. The van der Waals surface area contributed by atoms with Crippen LogP contribution in [0.4, 0.5) is 23.7 Å². The largest absolute Gasteiger partial charge is 0.462 e. The van der Waals surface area contributed by atoms with Crippen molar-refractivity contribution in [3.8, 4) is 0 Å².